The SMILES string of the molecule is CN(CC(O)CC(F)(F)F)C(C)(C)c1ccc2c(c1)OCO2. The van der Waals surface area contributed by atoms with Crippen molar-refractivity contribution in [1.82, 2.24) is 4.90 Å². The minimum Gasteiger partial charge on any atom is -0.454 e. The fourth-order valence-electron chi connectivity index (χ4n) is 2.37. The van der Waals surface area contributed by atoms with Gasteiger partial charge in [0.25, 0.3) is 0 Å². The number of halogens is 3. The first-order chi connectivity index (χ1) is 10.1. The van der Waals surface area contributed by atoms with Gasteiger partial charge in [-0.3, -0.25) is 4.90 Å². The van der Waals surface area contributed by atoms with Crippen LogP contribution in [-0.4, -0.2) is 42.7 Å². The lowest BCUT2D eigenvalue weighted by molar-refractivity contribution is -0.156. The number of hydrogen-bond acceptors (Lipinski definition) is 4. The Morgan fingerprint density at radius 2 is 1.86 bits per heavy atom. The number of hydrogen-bond donors (Lipinski definition) is 1. The summed E-state index contributed by atoms with van der Waals surface area (Å²) in [5, 5.41) is 9.61. The molecule has 124 valence electrons. The largest absolute Gasteiger partial charge is 0.454 e. The van der Waals surface area contributed by atoms with E-state index in [-0.39, 0.29) is 13.3 Å². The van der Waals surface area contributed by atoms with Crippen LogP contribution in [0.2, 0.25) is 0 Å². The van der Waals surface area contributed by atoms with Crippen molar-refractivity contribution >= 4 is 0 Å². The maximum Gasteiger partial charge on any atom is 0.391 e. The Hall–Kier alpha value is -1.47. The van der Waals surface area contributed by atoms with E-state index in [1.165, 1.54) is 0 Å². The highest BCUT2D eigenvalue weighted by molar-refractivity contribution is 5.46. The molecule has 0 aliphatic carbocycles. The number of ether oxygens (including phenoxy) is 2. The van der Waals surface area contributed by atoms with Crippen LogP contribution in [-0.2, 0) is 5.54 Å². The van der Waals surface area contributed by atoms with Gasteiger partial charge in [-0.15, -0.1) is 0 Å². The maximum absolute atomic E-state index is 12.3. The number of aliphatic hydroxyl groups is 1. The first-order valence-electron chi connectivity index (χ1n) is 6.96. The second kappa shape index (κ2) is 5.96. The van der Waals surface area contributed by atoms with Gasteiger partial charge in [0.15, 0.2) is 11.5 Å². The molecule has 22 heavy (non-hydrogen) atoms. The fraction of sp³-hybridized carbons (Fsp3) is 0.600. The lowest BCUT2D eigenvalue weighted by Gasteiger charge is -2.37. The molecule has 1 heterocycles. The normalized spacial score (nSPS) is 16.2. The van der Waals surface area contributed by atoms with Gasteiger partial charge in [-0.25, -0.2) is 0 Å². The Bertz CT molecular complexity index is 531. The minimum absolute atomic E-state index is 0.0824. The lowest BCUT2D eigenvalue weighted by Crippen LogP contribution is -2.43. The van der Waals surface area contributed by atoms with Gasteiger partial charge in [-0.05, 0) is 38.6 Å². The second-order valence-corrected chi connectivity index (χ2v) is 5.98. The highest BCUT2D eigenvalue weighted by atomic mass is 19.4. The third-order valence-electron chi connectivity index (χ3n) is 3.99. The van der Waals surface area contributed by atoms with Crippen LogP contribution in [0.25, 0.3) is 0 Å². The minimum atomic E-state index is -4.37. The molecule has 0 fully saturated rings. The highest BCUT2D eigenvalue weighted by Crippen LogP contribution is 2.37. The van der Waals surface area contributed by atoms with Gasteiger partial charge in [0, 0.05) is 12.1 Å². The van der Waals surface area contributed by atoms with Crippen molar-refractivity contribution in [3.05, 3.63) is 23.8 Å². The fourth-order valence-corrected chi connectivity index (χ4v) is 2.37. The topological polar surface area (TPSA) is 41.9 Å². The Morgan fingerprint density at radius 1 is 1.23 bits per heavy atom. The molecule has 1 atom stereocenters. The van der Waals surface area contributed by atoms with Crippen LogP contribution in [0.1, 0.15) is 25.8 Å². The summed E-state index contributed by atoms with van der Waals surface area (Å²) in [5.74, 6) is 1.27. The Balaban J connectivity index is 2.08. The lowest BCUT2D eigenvalue weighted by atomic mass is 9.92. The average molecular weight is 319 g/mol. The van der Waals surface area contributed by atoms with Gasteiger partial charge in [0.2, 0.25) is 6.79 Å². The predicted octanol–water partition coefficient (Wildman–Crippen LogP) is 2.90. The molecule has 2 rings (SSSR count). The summed E-state index contributed by atoms with van der Waals surface area (Å²) in [5.41, 5.74) is 0.312. The van der Waals surface area contributed by atoms with E-state index in [0.717, 1.165) is 5.56 Å². The van der Waals surface area contributed by atoms with E-state index < -0.39 is 24.2 Å². The molecule has 1 aliphatic heterocycles. The van der Waals surface area contributed by atoms with Crippen molar-refractivity contribution in [2.45, 2.75) is 38.1 Å². The van der Waals surface area contributed by atoms with Crippen LogP contribution in [0.3, 0.4) is 0 Å². The Kier molecular flexibility index (Phi) is 4.58. The van der Waals surface area contributed by atoms with Crippen molar-refractivity contribution in [2.75, 3.05) is 20.4 Å². The first kappa shape index (κ1) is 16.9. The zero-order valence-electron chi connectivity index (χ0n) is 12.8. The van der Waals surface area contributed by atoms with Gasteiger partial charge >= 0.3 is 6.18 Å². The van der Waals surface area contributed by atoms with Crippen molar-refractivity contribution in [2.24, 2.45) is 0 Å². The molecular weight excluding hydrogens is 299 g/mol. The second-order valence-electron chi connectivity index (χ2n) is 5.98. The van der Waals surface area contributed by atoms with E-state index in [2.05, 4.69) is 0 Å². The first-order valence-corrected chi connectivity index (χ1v) is 6.96. The monoisotopic (exact) mass is 319 g/mol. The summed E-state index contributed by atoms with van der Waals surface area (Å²) in [6.07, 6.45) is -7.05. The van der Waals surface area contributed by atoms with Gasteiger partial charge in [0.1, 0.15) is 0 Å². The molecule has 1 aliphatic rings. The summed E-state index contributed by atoms with van der Waals surface area (Å²) < 4.78 is 47.5. The standard InChI is InChI=1S/C15H20F3NO3/c1-14(2,19(3)8-11(20)7-15(16,17)18)10-4-5-12-13(6-10)22-9-21-12/h4-6,11,20H,7-9H2,1-3H3. The molecule has 7 heteroatoms. The van der Waals surface area contributed by atoms with Crippen molar-refractivity contribution in [3.8, 4) is 11.5 Å². The highest BCUT2D eigenvalue weighted by Gasteiger charge is 2.34. The molecule has 1 N–H and O–H groups in total. The zero-order chi connectivity index (χ0) is 16.5. The summed E-state index contributed by atoms with van der Waals surface area (Å²) in [7, 11) is 1.68. The van der Waals surface area contributed by atoms with Gasteiger partial charge < -0.3 is 14.6 Å². The molecule has 1 aromatic rings. The zero-order valence-corrected chi connectivity index (χ0v) is 12.8. The van der Waals surface area contributed by atoms with Crippen LogP contribution in [0.15, 0.2) is 18.2 Å². The van der Waals surface area contributed by atoms with Crippen LogP contribution < -0.4 is 9.47 Å². The molecule has 0 saturated carbocycles. The summed E-state index contributed by atoms with van der Waals surface area (Å²) >= 11 is 0. The van der Waals surface area contributed by atoms with E-state index in [1.807, 2.05) is 26.0 Å². The Labute approximate surface area is 127 Å². The van der Waals surface area contributed by atoms with Crippen LogP contribution in [0, 0.1) is 0 Å². The third kappa shape index (κ3) is 3.84. The van der Waals surface area contributed by atoms with E-state index in [1.54, 1.807) is 18.0 Å². The van der Waals surface area contributed by atoms with Crippen LogP contribution >= 0.6 is 0 Å². The quantitative estimate of drug-likeness (QED) is 0.906. The summed E-state index contributed by atoms with van der Waals surface area (Å²) in [4.78, 5) is 1.70. The molecule has 0 aromatic heterocycles. The summed E-state index contributed by atoms with van der Waals surface area (Å²) in [6.45, 7) is 3.84. The van der Waals surface area contributed by atoms with Crippen LogP contribution in [0.5, 0.6) is 11.5 Å². The van der Waals surface area contributed by atoms with E-state index in [4.69, 9.17) is 9.47 Å². The van der Waals surface area contributed by atoms with Crippen LogP contribution in [0.4, 0.5) is 13.2 Å². The number of rotatable bonds is 5. The molecule has 0 bridgehead atoms. The molecule has 0 radical (unpaired) electrons. The van der Waals surface area contributed by atoms with Crippen molar-refractivity contribution in [1.29, 1.82) is 0 Å². The molecule has 1 unspecified atom stereocenters. The third-order valence-corrected chi connectivity index (χ3v) is 3.99. The number of alkyl halides is 3. The van der Waals surface area contributed by atoms with E-state index in [0.29, 0.717) is 11.5 Å². The number of fused-ring (bicyclic) bond motifs is 1. The maximum atomic E-state index is 12.3. The number of benzene rings is 1. The molecule has 4 nitrogen and oxygen atoms in total. The van der Waals surface area contributed by atoms with Gasteiger partial charge in [0.05, 0.1) is 12.5 Å². The summed E-state index contributed by atoms with van der Waals surface area (Å²) in [6, 6.07) is 5.44. The number of likely N-dealkylation sites (N-methyl/N-ethyl adjacent to an activating group) is 1. The average Bonchev–Trinajstić information content (AvgIpc) is 2.83. The molecule has 0 spiro atoms. The number of aliphatic hydroxyl groups excluding tert-OH is 1. The Morgan fingerprint density at radius 3 is 2.50 bits per heavy atom. The smallest absolute Gasteiger partial charge is 0.391 e. The van der Waals surface area contributed by atoms with Crippen molar-refractivity contribution in [3.63, 3.8) is 0 Å². The molecule has 0 saturated heterocycles. The van der Waals surface area contributed by atoms with E-state index >= 15 is 0 Å². The number of nitrogens with zero attached hydrogens (tertiary/aromatic N) is 1. The molecular formula is C15H20F3NO3. The molecule has 0 amide bonds. The molecule has 1 aromatic carbocycles. The van der Waals surface area contributed by atoms with Gasteiger partial charge in [-0.1, -0.05) is 6.07 Å². The van der Waals surface area contributed by atoms with E-state index in [9.17, 15) is 18.3 Å². The van der Waals surface area contributed by atoms with Gasteiger partial charge in [-0.2, -0.15) is 13.2 Å². The predicted molar refractivity (Wildman–Crippen MR) is 74.9 cm³/mol. The van der Waals surface area contributed by atoms with Crippen molar-refractivity contribution < 1.29 is 27.8 Å².